The summed E-state index contributed by atoms with van der Waals surface area (Å²) in [6, 6.07) is 0.324. The van der Waals surface area contributed by atoms with Gasteiger partial charge in [0.15, 0.2) is 8.32 Å². The number of hydroxylamine groups is 1. The molecule has 0 aliphatic carbocycles. The summed E-state index contributed by atoms with van der Waals surface area (Å²) in [7, 11) is -1.72. The maximum atomic E-state index is 6.33. The molecule has 1 aliphatic heterocycles. The first-order valence-electron chi connectivity index (χ1n) is 8.31. The van der Waals surface area contributed by atoms with Crippen molar-refractivity contribution in [3.63, 3.8) is 0 Å². The first-order valence-corrected chi connectivity index (χ1v) is 11.2. The van der Waals surface area contributed by atoms with Crippen LogP contribution in [0.4, 0.5) is 0 Å². The predicted octanol–water partition coefficient (Wildman–Crippen LogP) is 3.56. The highest BCUT2D eigenvalue weighted by atomic mass is 28.4. The van der Waals surface area contributed by atoms with Crippen molar-refractivity contribution in [1.29, 1.82) is 0 Å². The summed E-state index contributed by atoms with van der Waals surface area (Å²) in [6.45, 7) is 23.1. The van der Waals surface area contributed by atoms with E-state index in [-0.39, 0.29) is 17.1 Å². The van der Waals surface area contributed by atoms with E-state index >= 15 is 0 Å². The molecule has 1 aliphatic rings. The number of rotatable bonds is 8. The van der Waals surface area contributed by atoms with E-state index in [9.17, 15) is 0 Å². The summed E-state index contributed by atoms with van der Waals surface area (Å²) in [5.41, 5.74) is 5.33. The largest absolute Gasteiger partial charge is 0.415 e. The van der Waals surface area contributed by atoms with Gasteiger partial charge in [0.2, 0.25) is 0 Å². The van der Waals surface area contributed by atoms with Crippen molar-refractivity contribution < 1.29 is 9.26 Å². The van der Waals surface area contributed by atoms with Crippen LogP contribution in [0, 0.1) is 0 Å². The zero-order valence-corrected chi connectivity index (χ0v) is 16.7. The Kier molecular flexibility index (Phi) is 7.42. The van der Waals surface area contributed by atoms with Crippen LogP contribution in [-0.2, 0) is 9.26 Å². The van der Waals surface area contributed by atoms with Gasteiger partial charge in [0.05, 0.1) is 19.3 Å². The molecular weight excluding hydrogens is 304 g/mol. The molecule has 23 heavy (non-hydrogen) atoms. The third kappa shape index (κ3) is 6.01. The Morgan fingerprint density at radius 2 is 2.13 bits per heavy atom. The average Bonchev–Trinajstić information content (AvgIpc) is 2.45. The van der Waals surface area contributed by atoms with Gasteiger partial charge in [0.1, 0.15) is 0 Å². The molecule has 0 aromatic carbocycles. The van der Waals surface area contributed by atoms with Crippen molar-refractivity contribution in [3.05, 3.63) is 36.5 Å². The van der Waals surface area contributed by atoms with Crippen molar-refractivity contribution in [2.45, 2.75) is 57.9 Å². The Morgan fingerprint density at radius 1 is 1.48 bits per heavy atom. The molecule has 1 rings (SSSR count). The van der Waals surface area contributed by atoms with Gasteiger partial charge < -0.3 is 9.74 Å². The molecule has 0 unspecified atom stereocenters. The molecule has 0 saturated heterocycles. The third-order valence-electron chi connectivity index (χ3n) is 4.69. The molecule has 5 heteroatoms. The Morgan fingerprint density at radius 3 is 2.65 bits per heavy atom. The van der Waals surface area contributed by atoms with Gasteiger partial charge in [0.25, 0.3) is 0 Å². The lowest BCUT2D eigenvalue weighted by Crippen LogP contribution is -2.51. The zero-order chi connectivity index (χ0) is 17.7. The summed E-state index contributed by atoms with van der Waals surface area (Å²) in [5, 5.41) is 3.74. The molecule has 0 aromatic rings. The van der Waals surface area contributed by atoms with Crippen LogP contribution in [0.25, 0.3) is 0 Å². The third-order valence-corrected chi connectivity index (χ3v) is 9.19. The Labute approximate surface area is 143 Å². The Balaban J connectivity index is 2.69. The number of hydrogen-bond acceptors (Lipinski definition) is 4. The zero-order valence-electron chi connectivity index (χ0n) is 15.7. The maximum Gasteiger partial charge on any atom is 0.192 e. The minimum absolute atomic E-state index is 0.108. The van der Waals surface area contributed by atoms with Crippen molar-refractivity contribution in [1.82, 2.24) is 10.8 Å². The minimum atomic E-state index is -1.72. The van der Waals surface area contributed by atoms with Crippen LogP contribution in [0.2, 0.25) is 18.1 Å². The van der Waals surface area contributed by atoms with E-state index in [1.54, 1.807) is 6.08 Å². The summed E-state index contributed by atoms with van der Waals surface area (Å²) in [5.74, 6) is 0. The molecule has 1 heterocycles. The predicted molar refractivity (Wildman–Crippen MR) is 101 cm³/mol. The van der Waals surface area contributed by atoms with Gasteiger partial charge in [-0.25, -0.2) is 0 Å². The van der Waals surface area contributed by atoms with Crippen molar-refractivity contribution in [2.75, 3.05) is 19.8 Å². The van der Waals surface area contributed by atoms with E-state index in [4.69, 9.17) is 9.26 Å². The topological polar surface area (TPSA) is 42.5 Å². The highest BCUT2D eigenvalue weighted by molar-refractivity contribution is 6.74. The summed E-state index contributed by atoms with van der Waals surface area (Å²) in [4.78, 5) is 5.38. The van der Waals surface area contributed by atoms with Gasteiger partial charge in [0, 0.05) is 12.6 Å². The molecule has 0 saturated carbocycles. The molecule has 2 N–H and O–H groups in total. The lowest BCUT2D eigenvalue weighted by molar-refractivity contribution is 0.0417. The number of hydrogen-bond donors (Lipinski definition) is 2. The lowest BCUT2D eigenvalue weighted by atomic mass is 9.95. The van der Waals surface area contributed by atoms with Crippen LogP contribution in [0.1, 0.15) is 27.7 Å². The molecule has 2 atom stereocenters. The van der Waals surface area contributed by atoms with E-state index in [1.807, 2.05) is 6.92 Å². The summed E-state index contributed by atoms with van der Waals surface area (Å²) >= 11 is 0. The number of nitrogens with one attached hydrogen (secondary N) is 2. The van der Waals surface area contributed by atoms with Crippen LogP contribution in [0.15, 0.2) is 36.5 Å². The maximum absolute atomic E-state index is 6.33. The smallest absolute Gasteiger partial charge is 0.192 e. The molecule has 0 aromatic heterocycles. The van der Waals surface area contributed by atoms with Crippen LogP contribution in [0.3, 0.4) is 0 Å². The second-order valence-corrected chi connectivity index (χ2v) is 12.6. The summed E-state index contributed by atoms with van der Waals surface area (Å²) in [6.07, 6.45) is 3.94. The Hall–Kier alpha value is -0.723. The molecule has 0 fully saturated rings. The molecule has 0 bridgehead atoms. The second-order valence-electron chi connectivity index (χ2n) is 7.76. The normalized spacial score (nSPS) is 22.6. The fourth-order valence-electron chi connectivity index (χ4n) is 2.15. The van der Waals surface area contributed by atoms with Crippen LogP contribution < -0.4 is 10.8 Å². The monoisotopic (exact) mass is 338 g/mol. The minimum Gasteiger partial charge on any atom is -0.415 e. The van der Waals surface area contributed by atoms with Crippen LogP contribution >= 0.6 is 0 Å². The van der Waals surface area contributed by atoms with Gasteiger partial charge in [-0.2, -0.15) is 5.48 Å². The SMILES string of the molecule is C=CCON[C@H]1CN[C@H](CO[Si](C)(C)C(C)(C)C)C=C1C(=C)C. The fraction of sp³-hybridized carbons (Fsp3) is 0.667. The van der Waals surface area contributed by atoms with Crippen molar-refractivity contribution in [3.8, 4) is 0 Å². The van der Waals surface area contributed by atoms with E-state index in [2.05, 4.69) is 63.9 Å². The molecule has 132 valence electrons. The Bertz CT molecular complexity index is 452. The highest BCUT2D eigenvalue weighted by Gasteiger charge is 2.37. The molecule has 4 nitrogen and oxygen atoms in total. The van der Waals surface area contributed by atoms with Gasteiger partial charge >= 0.3 is 0 Å². The van der Waals surface area contributed by atoms with Crippen molar-refractivity contribution in [2.24, 2.45) is 0 Å². The highest BCUT2D eigenvalue weighted by Crippen LogP contribution is 2.36. The first-order chi connectivity index (χ1) is 10.6. The van der Waals surface area contributed by atoms with Gasteiger partial charge in [-0.15, -0.1) is 6.58 Å². The van der Waals surface area contributed by atoms with Gasteiger partial charge in [-0.3, -0.25) is 4.84 Å². The second kappa shape index (κ2) is 8.40. The fourth-order valence-corrected chi connectivity index (χ4v) is 3.17. The van der Waals surface area contributed by atoms with Crippen LogP contribution in [-0.4, -0.2) is 40.2 Å². The van der Waals surface area contributed by atoms with Crippen molar-refractivity contribution >= 4 is 8.32 Å². The van der Waals surface area contributed by atoms with Crippen LogP contribution in [0.5, 0.6) is 0 Å². The molecule has 0 amide bonds. The molecule has 0 radical (unpaired) electrons. The quantitative estimate of drug-likeness (QED) is 0.307. The summed E-state index contributed by atoms with van der Waals surface area (Å²) < 4.78 is 6.33. The standard InChI is InChI=1S/C18H34N2O2Si/c1-9-10-21-20-17-12-19-15(11-16(17)14(2)3)13-22-23(7,8)18(4,5)6/h9,11,15,17,19-20H,1-2,10,12-13H2,3-8H3/t15-,17-/m0/s1. The molecular formula is C18H34N2O2Si. The molecule has 0 spiro atoms. The van der Waals surface area contributed by atoms with Gasteiger partial charge in [-0.1, -0.05) is 45.1 Å². The van der Waals surface area contributed by atoms with Gasteiger partial charge in [-0.05, 0) is 30.6 Å². The van der Waals surface area contributed by atoms with E-state index < -0.39 is 8.32 Å². The van der Waals surface area contributed by atoms with E-state index in [0.717, 1.165) is 12.1 Å². The lowest BCUT2D eigenvalue weighted by Gasteiger charge is -2.38. The first kappa shape index (κ1) is 20.3. The average molecular weight is 339 g/mol. The van der Waals surface area contributed by atoms with E-state index in [0.29, 0.717) is 13.2 Å². The van der Waals surface area contributed by atoms with E-state index in [1.165, 1.54) is 5.57 Å².